The molecule has 1 saturated heterocycles. The van der Waals surface area contributed by atoms with Crippen LogP contribution in [0.5, 0.6) is 0 Å². The van der Waals surface area contributed by atoms with Crippen LogP contribution in [0, 0.1) is 20.7 Å². The Kier molecular flexibility index (Phi) is 8.45. The maximum absolute atomic E-state index is 13.6. The minimum Gasteiger partial charge on any atom is -0.326 e. The maximum Gasteiger partial charge on any atom is 0.224 e. The standard InChI is InChI=1S/C32H33FIN3O/c33-29-13-12-27(21-30(29)34)36-31(38)14-15-32(16-18-37(19-17-32)28-6-1-2-7-28)26-10-8-24(9-11-26)25-5-3-4-23(20-25)22-35/h3-5,8-13,20-21,28H,1-2,6-7,14-19H2,(H,36,38). The molecule has 3 aromatic carbocycles. The van der Waals surface area contributed by atoms with Crippen LogP contribution in [-0.2, 0) is 10.2 Å². The number of halogens is 2. The van der Waals surface area contributed by atoms with Crippen molar-refractivity contribution in [2.75, 3.05) is 18.4 Å². The van der Waals surface area contributed by atoms with Crippen LogP contribution in [0.15, 0.2) is 66.7 Å². The summed E-state index contributed by atoms with van der Waals surface area (Å²) < 4.78 is 14.1. The number of hydrogen-bond donors (Lipinski definition) is 1. The van der Waals surface area contributed by atoms with Crippen LogP contribution >= 0.6 is 22.6 Å². The van der Waals surface area contributed by atoms with Crippen molar-refractivity contribution in [1.82, 2.24) is 4.90 Å². The van der Waals surface area contributed by atoms with Gasteiger partial charge in [0.25, 0.3) is 0 Å². The molecule has 6 heteroatoms. The number of carbonyl (C=O) groups excluding carboxylic acids is 1. The van der Waals surface area contributed by atoms with E-state index >= 15 is 0 Å². The molecule has 1 heterocycles. The van der Waals surface area contributed by atoms with Crippen molar-refractivity contribution in [3.63, 3.8) is 0 Å². The average molecular weight is 622 g/mol. The summed E-state index contributed by atoms with van der Waals surface area (Å²) in [5, 5.41) is 12.2. The molecule has 0 atom stereocenters. The second-order valence-electron chi connectivity index (χ2n) is 10.7. The van der Waals surface area contributed by atoms with Gasteiger partial charge in [-0.2, -0.15) is 5.26 Å². The number of nitrogens with zero attached hydrogens (tertiary/aromatic N) is 2. The van der Waals surface area contributed by atoms with E-state index < -0.39 is 0 Å². The smallest absolute Gasteiger partial charge is 0.224 e. The Morgan fingerprint density at radius 1 is 1.03 bits per heavy atom. The highest BCUT2D eigenvalue weighted by atomic mass is 127. The quantitative estimate of drug-likeness (QED) is 0.276. The molecule has 2 fully saturated rings. The number of nitriles is 1. The summed E-state index contributed by atoms with van der Waals surface area (Å²) in [5.41, 5.74) is 4.64. The number of rotatable bonds is 7. The van der Waals surface area contributed by atoms with Crippen molar-refractivity contribution < 1.29 is 9.18 Å². The molecule has 0 radical (unpaired) electrons. The second-order valence-corrected chi connectivity index (χ2v) is 11.9. The normalized spacial score (nSPS) is 17.7. The van der Waals surface area contributed by atoms with Crippen molar-refractivity contribution in [3.8, 4) is 17.2 Å². The van der Waals surface area contributed by atoms with Gasteiger partial charge in [-0.25, -0.2) is 4.39 Å². The predicted octanol–water partition coefficient (Wildman–Crippen LogP) is 7.66. The first-order valence-corrected chi connectivity index (χ1v) is 14.6. The molecule has 4 nitrogen and oxygen atoms in total. The third-order valence-electron chi connectivity index (χ3n) is 8.45. The van der Waals surface area contributed by atoms with Gasteiger partial charge in [-0.15, -0.1) is 0 Å². The summed E-state index contributed by atoms with van der Waals surface area (Å²) in [6, 6.07) is 24.1. The highest BCUT2D eigenvalue weighted by molar-refractivity contribution is 14.1. The Bertz CT molecular complexity index is 1320. The summed E-state index contributed by atoms with van der Waals surface area (Å²) >= 11 is 1.94. The van der Waals surface area contributed by atoms with Gasteiger partial charge in [0.05, 0.1) is 15.2 Å². The topological polar surface area (TPSA) is 56.1 Å². The molecule has 5 rings (SSSR count). The van der Waals surface area contributed by atoms with Crippen molar-refractivity contribution >= 4 is 34.2 Å². The lowest BCUT2D eigenvalue weighted by Gasteiger charge is -2.44. The lowest BCUT2D eigenvalue weighted by molar-refractivity contribution is -0.116. The van der Waals surface area contributed by atoms with Gasteiger partial charge < -0.3 is 10.2 Å². The van der Waals surface area contributed by atoms with Crippen LogP contribution in [0.25, 0.3) is 11.1 Å². The molecule has 196 valence electrons. The van der Waals surface area contributed by atoms with Gasteiger partial charge in [0.2, 0.25) is 5.91 Å². The molecule has 2 aliphatic rings. The summed E-state index contributed by atoms with van der Waals surface area (Å²) in [4.78, 5) is 15.6. The number of carbonyl (C=O) groups is 1. The molecule has 3 aromatic rings. The van der Waals surface area contributed by atoms with Gasteiger partial charge in [-0.1, -0.05) is 49.2 Å². The minimum atomic E-state index is -0.278. The third kappa shape index (κ3) is 6.10. The first-order valence-electron chi connectivity index (χ1n) is 13.6. The average Bonchev–Trinajstić information content (AvgIpc) is 3.50. The van der Waals surface area contributed by atoms with E-state index in [9.17, 15) is 14.4 Å². The van der Waals surface area contributed by atoms with Gasteiger partial charge in [-0.3, -0.25) is 4.79 Å². The van der Waals surface area contributed by atoms with E-state index in [1.54, 1.807) is 12.1 Å². The van der Waals surface area contributed by atoms with Crippen LogP contribution in [0.1, 0.15) is 62.5 Å². The largest absolute Gasteiger partial charge is 0.326 e. The lowest BCUT2D eigenvalue weighted by atomic mass is 9.69. The maximum atomic E-state index is 13.6. The van der Waals surface area contributed by atoms with Crippen molar-refractivity contribution in [2.45, 2.75) is 62.8 Å². The SMILES string of the molecule is N#Cc1cccc(-c2ccc(C3(CCC(=O)Nc4ccc(F)c(I)c4)CCN(C4CCCC4)CC3)cc2)c1. The number of benzene rings is 3. The third-order valence-corrected chi connectivity index (χ3v) is 9.28. The molecular weight excluding hydrogens is 588 g/mol. The Balaban J connectivity index is 1.33. The van der Waals surface area contributed by atoms with Gasteiger partial charge >= 0.3 is 0 Å². The first kappa shape index (κ1) is 26.8. The van der Waals surface area contributed by atoms with Crippen molar-refractivity contribution in [3.05, 3.63) is 87.2 Å². The number of likely N-dealkylation sites (tertiary alicyclic amines) is 1. The van der Waals surface area contributed by atoms with E-state index in [0.717, 1.165) is 43.5 Å². The highest BCUT2D eigenvalue weighted by Crippen LogP contribution is 2.42. The van der Waals surface area contributed by atoms with E-state index in [1.165, 1.54) is 37.3 Å². The fourth-order valence-electron chi connectivity index (χ4n) is 6.20. The van der Waals surface area contributed by atoms with Crippen LogP contribution < -0.4 is 5.32 Å². The Morgan fingerprint density at radius 3 is 2.45 bits per heavy atom. The minimum absolute atomic E-state index is 0.0325. The van der Waals surface area contributed by atoms with E-state index in [1.807, 2.05) is 46.9 Å². The van der Waals surface area contributed by atoms with Crippen LogP contribution in [-0.4, -0.2) is 29.9 Å². The van der Waals surface area contributed by atoms with Crippen LogP contribution in [0.3, 0.4) is 0 Å². The molecule has 1 amide bonds. The summed E-state index contributed by atoms with van der Waals surface area (Å²) in [6.45, 7) is 2.13. The molecule has 1 saturated carbocycles. The van der Waals surface area contributed by atoms with Crippen molar-refractivity contribution in [2.24, 2.45) is 0 Å². The zero-order chi connectivity index (χ0) is 26.5. The monoisotopic (exact) mass is 621 g/mol. The molecule has 1 N–H and O–H groups in total. The predicted molar refractivity (Wildman–Crippen MR) is 158 cm³/mol. The van der Waals surface area contributed by atoms with Crippen LogP contribution in [0.4, 0.5) is 10.1 Å². The zero-order valence-electron chi connectivity index (χ0n) is 21.6. The Hall–Kier alpha value is -2.76. The fraction of sp³-hybridized carbons (Fsp3) is 0.375. The Labute approximate surface area is 238 Å². The van der Waals surface area contributed by atoms with Gasteiger partial charge in [0, 0.05) is 18.2 Å². The van der Waals surface area contributed by atoms with Gasteiger partial charge in [0.15, 0.2) is 0 Å². The molecule has 0 bridgehead atoms. The summed E-state index contributed by atoms with van der Waals surface area (Å²) in [5.74, 6) is -0.311. The second kappa shape index (κ2) is 12.0. The van der Waals surface area contributed by atoms with Crippen molar-refractivity contribution in [1.29, 1.82) is 5.26 Å². The Morgan fingerprint density at radius 2 is 1.76 bits per heavy atom. The summed E-state index contributed by atoms with van der Waals surface area (Å²) in [6.07, 6.45) is 8.56. The van der Waals surface area contributed by atoms with E-state index in [2.05, 4.69) is 40.6 Å². The fourth-order valence-corrected chi connectivity index (χ4v) is 6.72. The molecule has 38 heavy (non-hydrogen) atoms. The number of nitrogens with one attached hydrogen (secondary N) is 1. The van der Waals surface area contributed by atoms with E-state index in [-0.39, 0.29) is 17.1 Å². The highest BCUT2D eigenvalue weighted by Gasteiger charge is 2.38. The van der Waals surface area contributed by atoms with Gasteiger partial charge in [0.1, 0.15) is 5.82 Å². The molecular formula is C32H33FIN3O. The molecule has 1 aliphatic carbocycles. The van der Waals surface area contributed by atoms with Crippen LogP contribution in [0.2, 0.25) is 0 Å². The first-order chi connectivity index (χ1) is 18.5. The zero-order valence-corrected chi connectivity index (χ0v) is 23.7. The number of piperidine rings is 1. The van der Waals surface area contributed by atoms with E-state index in [4.69, 9.17) is 0 Å². The lowest BCUT2D eigenvalue weighted by Crippen LogP contribution is -2.46. The van der Waals surface area contributed by atoms with Gasteiger partial charge in [-0.05, 0) is 120 Å². The molecule has 1 aliphatic heterocycles. The number of amides is 1. The molecule has 0 spiro atoms. The number of hydrogen-bond acceptors (Lipinski definition) is 3. The van der Waals surface area contributed by atoms with E-state index in [0.29, 0.717) is 27.3 Å². The number of anilines is 1. The molecule has 0 aromatic heterocycles. The summed E-state index contributed by atoms with van der Waals surface area (Å²) in [7, 11) is 0. The molecule has 0 unspecified atom stereocenters.